The van der Waals surface area contributed by atoms with Gasteiger partial charge in [-0.3, -0.25) is 0 Å². The van der Waals surface area contributed by atoms with Crippen LogP contribution in [0.2, 0.25) is 5.02 Å². The van der Waals surface area contributed by atoms with Crippen LogP contribution < -0.4 is 0 Å². The molecule has 0 radical (unpaired) electrons. The number of benzene rings is 1. The van der Waals surface area contributed by atoms with Crippen LogP contribution in [-0.2, 0) is 4.74 Å². The maximum Gasteiger partial charge on any atom is 0.338 e. The van der Waals surface area contributed by atoms with Crippen molar-refractivity contribution in [1.29, 1.82) is 0 Å². The lowest BCUT2D eigenvalue weighted by atomic mass is 10.0. The number of esters is 1. The summed E-state index contributed by atoms with van der Waals surface area (Å²) in [6.45, 7) is 2.83. The molecule has 1 aliphatic carbocycles. The summed E-state index contributed by atoms with van der Waals surface area (Å²) in [4.78, 5) is 11.8. The molecule has 2 atom stereocenters. The van der Waals surface area contributed by atoms with Gasteiger partial charge < -0.3 is 4.74 Å². The van der Waals surface area contributed by atoms with Crippen LogP contribution in [0, 0.1) is 11.8 Å². The minimum atomic E-state index is -0.276. The Labute approximate surface area is 120 Å². The van der Waals surface area contributed by atoms with E-state index < -0.39 is 0 Å². The zero-order valence-corrected chi connectivity index (χ0v) is 12.2. The van der Waals surface area contributed by atoms with Gasteiger partial charge in [0.05, 0.1) is 12.2 Å². The maximum atomic E-state index is 11.8. The van der Waals surface area contributed by atoms with E-state index in [2.05, 4.69) is 6.92 Å². The van der Waals surface area contributed by atoms with Gasteiger partial charge in [0.1, 0.15) is 0 Å². The highest BCUT2D eigenvalue weighted by Gasteiger charge is 2.20. The number of hydrogen-bond donors (Lipinski definition) is 0. The molecule has 19 heavy (non-hydrogen) atoms. The van der Waals surface area contributed by atoms with E-state index in [4.69, 9.17) is 16.3 Å². The van der Waals surface area contributed by atoms with Crippen LogP contribution in [0.5, 0.6) is 0 Å². The number of carbonyl (C=O) groups excluding carboxylic acids is 1. The first kappa shape index (κ1) is 14.4. The number of hydrogen-bond acceptors (Lipinski definition) is 2. The molecule has 0 spiro atoms. The molecule has 0 N–H and O–H groups in total. The summed E-state index contributed by atoms with van der Waals surface area (Å²) in [6, 6.07) is 6.88. The first-order valence-corrected chi connectivity index (χ1v) is 7.45. The van der Waals surface area contributed by atoms with Crippen LogP contribution in [0.1, 0.15) is 49.4 Å². The van der Waals surface area contributed by atoms with E-state index in [1.165, 1.54) is 25.7 Å². The normalized spacial score (nSPS) is 22.4. The Hall–Kier alpha value is -1.02. The predicted octanol–water partition coefficient (Wildman–Crippen LogP) is 4.71. The Kier molecular flexibility index (Phi) is 5.26. The molecule has 104 valence electrons. The van der Waals surface area contributed by atoms with Crippen LogP contribution in [-0.4, -0.2) is 12.6 Å². The highest BCUT2D eigenvalue weighted by molar-refractivity contribution is 6.30. The van der Waals surface area contributed by atoms with E-state index in [0.29, 0.717) is 17.2 Å². The van der Waals surface area contributed by atoms with E-state index in [1.54, 1.807) is 24.3 Å². The third-order valence-corrected chi connectivity index (χ3v) is 4.09. The van der Waals surface area contributed by atoms with E-state index in [-0.39, 0.29) is 5.97 Å². The Morgan fingerprint density at radius 2 is 2.26 bits per heavy atom. The predicted molar refractivity (Wildman–Crippen MR) is 77.5 cm³/mol. The van der Waals surface area contributed by atoms with Crippen molar-refractivity contribution in [2.75, 3.05) is 6.61 Å². The molecular weight excluding hydrogens is 260 g/mol. The van der Waals surface area contributed by atoms with Gasteiger partial charge in [-0.25, -0.2) is 4.79 Å². The van der Waals surface area contributed by atoms with Crippen LogP contribution in [0.15, 0.2) is 24.3 Å². The molecule has 1 aromatic rings. The largest absolute Gasteiger partial charge is 0.462 e. The third-order valence-electron chi connectivity index (χ3n) is 3.85. The Bertz CT molecular complexity index is 431. The van der Waals surface area contributed by atoms with Crippen LogP contribution in [0.25, 0.3) is 0 Å². The molecule has 2 unspecified atom stereocenters. The molecule has 1 fully saturated rings. The molecule has 1 saturated carbocycles. The minimum absolute atomic E-state index is 0.276. The summed E-state index contributed by atoms with van der Waals surface area (Å²) < 4.78 is 5.27. The summed E-state index contributed by atoms with van der Waals surface area (Å²) in [5.41, 5.74) is 0.530. The van der Waals surface area contributed by atoms with Crippen molar-refractivity contribution in [2.45, 2.75) is 39.0 Å². The molecule has 0 heterocycles. The molecule has 0 saturated heterocycles. The van der Waals surface area contributed by atoms with Crippen molar-refractivity contribution in [1.82, 2.24) is 0 Å². The average Bonchev–Trinajstić information content (AvgIpc) is 2.80. The second-order valence-corrected chi connectivity index (χ2v) is 6.01. The van der Waals surface area contributed by atoms with Crippen LogP contribution >= 0.6 is 11.6 Å². The summed E-state index contributed by atoms with van der Waals surface area (Å²) in [7, 11) is 0. The summed E-state index contributed by atoms with van der Waals surface area (Å²) in [5.74, 6) is 1.43. The number of ether oxygens (including phenoxy) is 1. The quantitative estimate of drug-likeness (QED) is 0.576. The van der Waals surface area contributed by atoms with Crippen molar-refractivity contribution >= 4 is 17.6 Å². The van der Waals surface area contributed by atoms with Gasteiger partial charge in [0.15, 0.2) is 0 Å². The zero-order valence-electron chi connectivity index (χ0n) is 11.4. The fraction of sp³-hybridized carbons (Fsp3) is 0.562. The highest BCUT2D eigenvalue weighted by Crippen LogP contribution is 2.33. The second kappa shape index (κ2) is 6.95. The molecule has 0 aliphatic heterocycles. The second-order valence-electron chi connectivity index (χ2n) is 5.57. The maximum absolute atomic E-state index is 11.8. The first-order chi connectivity index (χ1) is 9.15. The molecular formula is C16H21ClO2. The highest BCUT2D eigenvalue weighted by atomic mass is 35.5. The smallest absolute Gasteiger partial charge is 0.338 e. The van der Waals surface area contributed by atoms with Crippen LogP contribution in [0.4, 0.5) is 0 Å². The van der Waals surface area contributed by atoms with Gasteiger partial charge in [-0.2, -0.15) is 0 Å². The lowest BCUT2D eigenvalue weighted by molar-refractivity contribution is 0.0493. The van der Waals surface area contributed by atoms with Crippen molar-refractivity contribution in [2.24, 2.45) is 11.8 Å². The van der Waals surface area contributed by atoms with Gasteiger partial charge in [-0.15, -0.1) is 0 Å². The van der Waals surface area contributed by atoms with E-state index in [0.717, 1.165) is 18.3 Å². The standard InChI is InChI=1S/C16H21ClO2/c1-12-7-8-13(10-12)4-3-9-19-16(18)14-5-2-6-15(17)11-14/h2,5-6,11-13H,3-4,7-10H2,1H3. The Balaban J connectivity index is 1.67. The van der Waals surface area contributed by atoms with E-state index >= 15 is 0 Å². The number of rotatable bonds is 5. The van der Waals surface area contributed by atoms with Crippen LogP contribution in [0.3, 0.4) is 0 Å². The SMILES string of the molecule is CC1CCC(CCCOC(=O)c2cccc(Cl)c2)C1. The fourth-order valence-electron chi connectivity index (χ4n) is 2.82. The van der Waals surface area contributed by atoms with E-state index in [1.807, 2.05) is 0 Å². The van der Waals surface area contributed by atoms with Crippen molar-refractivity contribution < 1.29 is 9.53 Å². The average molecular weight is 281 g/mol. The van der Waals surface area contributed by atoms with Gasteiger partial charge in [0.25, 0.3) is 0 Å². The van der Waals surface area contributed by atoms with Gasteiger partial charge in [-0.05, 0) is 49.3 Å². The molecule has 1 aromatic carbocycles. The number of halogens is 1. The molecule has 1 aliphatic rings. The third kappa shape index (κ3) is 4.54. The fourth-order valence-corrected chi connectivity index (χ4v) is 3.01. The van der Waals surface area contributed by atoms with Crippen molar-refractivity contribution in [3.05, 3.63) is 34.9 Å². The Morgan fingerprint density at radius 3 is 2.95 bits per heavy atom. The van der Waals surface area contributed by atoms with Gasteiger partial charge in [0.2, 0.25) is 0 Å². The van der Waals surface area contributed by atoms with Gasteiger partial charge >= 0.3 is 5.97 Å². The zero-order chi connectivity index (χ0) is 13.7. The lowest BCUT2D eigenvalue weighted by Crippen LogP contribution is -2.07. The topological polar surface area (TPSA) is 26.3 Å². The lowest BCUT2D eigenvalue weighted by Gasteiger charge is -2.09. The molecule has 0 bridgehead atoms. The summed E-state index contributed by atoms with van der Waals surface area (Å²) >= 11 is 5.84. The molecule has 3 heteroatoms. The monoisotopic (exact) mass is 280 g/mol. The first-order valence-electron chi connectivity index (χ1n) is 7.08. The van der Waals surface area contributed by atoms with Crippen molar-refractivity contribution in [3.63, 3.8) is 0 Å². The van der Waals surface area contributed by atoms with E-state index in [9.17, 15) is 4.79 Å². The molecule has 0 aromatic heterocycles. The molecule has 0 amide bonds. The van der Waals surface area contributed by atoms with Crippen molar-refractivity contribution in [3.8, 4) is 0 Å². The summed E-state index contributed by atoms with van der Waals surface area (Å²) in [5, 5.41) is 0.564. The Morgan fingerprint density at radius 1 is 1.42 bits per heavy atom. The summed E-state index contributed by atoms with van der Waals surface area (Å²) in [6.07, 6.45) is 6.16. The minimum Gasteiger partial charge on any atom is -0.462 e. The molecule has 2 nitrogen and oxygen atoms in total. The molecule has 2 rings (SSSR count). The van der Waals surface area contributed by atoms with Gasteiger partial charge in [-0.1, -0.05) is 37.4 Å². The number of carbonyl (C=O) groups is 1. The van der Waals surface area contributed by atoms with Gasteiger partial charge in [0, 0.05) is 5.02 Å².